The van der Waals surface area contributed by atoms with Crippen molar-refractivity contribution in [2.75, 3.05) is 26.8 Å². The minimum Gasteiger partial charge on any atom is -0.464 e. The Hall–Kier alpha value is -4.60. The fourth-order valence-electron chi connectivity index (χ4n) is 5.42. The molecule has 6 rings (SSSR count). The molecule has 0 aliphatic rings. The van der Waals surface area contributed by atoms with E-state index in [0.29, 0.717) is 45.0 Å². The summed E-state index contributed by atoms with van der Waals surface area (Å²) in [5.74, 6) is 1.10. The van der Waals surface area contributed by atoms with Gasteiger partial charge in [0.25, 0.3) is 0 Å². The van der Waals surface area contributed by atoms with E-state index in [1.54, 1.807) is 0 Å². The van der Waals surface area contributed by atoms with E-state index in [-0.39, 0.29) is 13.6 Å². The van der Waals surface area contributed by atoms with Gasteiger partial charge in [-0.25, -0.2) is 9.98 Å². The minimum absolute atomic E-state index is 0.0586. The van der Waals surface area contributed by atoms with Crippen molar-refractivity contribution in [3.63, 3.8) is 0 Å². The maximum absolute atomic E-state index is 6.32. The monoisotopic (exact) mass is 790 g/mol. The molecule has 0 aliphatic carbocycles. The molecule has 0 unspecified atom stereocenters. The molecule has 0 aromatic heterocycles. The van der Waals surface area contributed by atoms with Gasteiger partial charge in [-0.3, -0.25) is 0 Å². The van der Waals surface area contributed by atoms with Gasteiger partial charge >= 0.3 is 0 Å². The third-order valence-corrected chi connectivity index (χ3v) is 9.40. The number of ether oxygens (including phenoxy) is 4. The van der Waals surface area contributed by atoms with Crippen molar-refractivity contribution >= 4 is 65.4 Å². The van der Waals surface area contributed by atoms with Crippen LogP contribution in [0.1, 0.15) is 36.1 Å². The predicted octanol–water partition coefficient (Wildman–Crippen LogP) is 11.4. The topological polar surface area (TPSA) is 61.6 Å². The number of halogens is 2. The average molecular weight is 793 g/mol. The van der Waals surface area contributed by atoms with Crippen LogP contribution in [-0.4, -0.2) is 38.2 Å². The zero-order valence-corrected chi connectivity index (χ0v) is 31.0. The second kappa shape index (κ2) is 17.4. The van der Waals surface area contributed by atoms with Crippen LogP contribution in [0.3, 0.4) is 0 Å². The summed E-state index contributed by atoms with van der Waals surface area (Å²) in [5, 5.41) is 1.71. The second-order valence-electron chi connectivity index (χ2n) is 11.1. The molecule has 0 amide bonds. The van der Waals surface area contributed by atoms with Crippen LogP contribution in [0.2, 0.25) is 0 Å². The smallest absolute Gasteiger partial charge is 0.189 e. The Morgan fingerprint density at radius 3 is 1.06 bits per heavy atom. The van der Waals surface area contributed by atoms with Crippen molar-refractivity contribution in [2.45, 2.75) is 13.8 Å². The second-order valence-corrected chi connectivity index (χ2v) is 12.7. The van der Waals surface area contributed by atoms with E-state index in [1.165, 1.54) is 0 Å². The molecule has 50 heavy (non-hydrogen) atoms. The first-order chi connectivity index (χ1) is 24.6. The predicted molar refractivity (Wildman–Crippen MR) is 210 cm³/mol. The molecule has 6 nitrogen and oxygen atoms in total. The maximum atomic E-state index is 6.32. The molecule has 0 atom stereocenters. The maximum Gasteiger partial charge on any atom is 0.189 e. The van der Waals surface area contributed by atoms with Gasteiger partial charge in [0.15, 0.2) is 25.1 Å². The minimum atomic E-state index is 0.0586. The lowest BCUT2D eigenvalue weighted by Crippen LogP contribution is -2.06. The van der Waals surface area contributed by atoms with Gasteiger partial charge < -0.3 is 18.9 Å². The zero-order valence-electron chi connectivity index (χ0n) is 27.8. The number of fused-ring (bicyclic) bond motifs is 1. The van der Waals surface area contributed by atoms with Gasteiger partial charge in [-0.15, -0.1) is 0 Å². The van der Waals surface area contributed by atoms with Gasteiger partial charge in [-0.2, -0.15) is 0 Å². The summed E-state index contributed by atoms with van der Waals surface area (Å²) in [6.07, 6.45) is 0. The highest BCUT2D eigenvalue weighted by Gasteiger charge is 2.22. The van der Waals surface area contributed by atoms with Gasteiger partial charge in [-0.1, -0.05) is 121 Å². The highest BCUT2D eigenvalue weighted by atomic mass is 79.9. The molecule has 6 aromatic carbocycles. The van der Waals surface area contributed by atoms with Crippen LogP contribution in [0, 0.1) is 0 Å². The van der Waals surface area contributed by atoms with E-state index in [0.717, 1.165) is 44.4 Å². The van der Waals surface area contributed by atoms with E-state index in [2.05, 4.69) is 80.4 Å². The number of rotatable bonds is 14. The van der Waals surface area contributed by atoms with Crippen LogP contribution < -0.4 is 9.47 Å². The van der Waals surface area contributed by atoms with Gasteiger partial charge in [0.2, 0.25) is 0 Å². The highest BCUT2D eigenvalue weighted by molar-refractivity contribution is 9.11. The Labute approximate surface area is 309 Å². The third kappa shape index (κ3) is 8.22. The Morgan fingerprint density at radius 1 is 0.480 bits per heavy atom. The zero-order chi connectivity index (χ0) is 34.7. The Balaban J connectivity index is 1.62. The molecular weight excluding hydrogens is 756 g/mol. The Bertz CT molecular complexity index is 1850. The number of nitrogens with zero attached hydrogens (tertiary/aromatic N) is 2. The molecular formula is C42H36Br2N2O4. The molecule has 0 aliphatic heterocycles. The average Bonchev–Trinajstić information content (AvgIpc) is 3.17. The van der Waals surface area contributed by atoms with Crippen molar-refractivity contribution in [1.29, 1.82) is 0 Å². The lowest BCUT2D eigenvalue weighted by molar-refractivity contribution is 0.0220. The van der Waals surface area contributed by atoms with Crippen molar-refractivity contribution in [2.24, 2.45) is 9.98 Å². The van der Waals surface area contributed by atoms with Crippen LogP contribution in [0.25, 0.3) is 10.8 Å². The van der Waals surface area contributed by atoms with Crippen molar-refractivity contribution in [1.82, 2.24) is 0 Å². The van der Waals surface area contributed by atoms with E-state index in [9.17, 15) is 0 Å². The number of hydrogen-bond acceptors (Lipinski definition) is 6. The standard InChI is InChI=1S/C42H36Br2N2O4/c1-3-47-27-49-41-35(45-39(29-17-9-5-10-18-29)30-19-11-6-12-20-30)25-34-33(37(41)43)26-36(42(38(34)44)50-28-48-4-2)46-40(31-21-13-7-14-22-31)32-23-15-8-16-24-32/h5-26H,3-4,27-28H2,1-2H3. The van der Waals surface area contributed by atoms with Crippen molar-refractivity contribution < 1.29 is 18.9 Å². The molecule has 0 radical (unpaired) electrons. The summed E-state index contributed by atoms with van der Waals surface area (Å²) in [5.41, 5.74) is 6.75. The number of benzene rings is 6. The van der Waals surface area contributed by atoms with E-state index in [4.69, 9.17) is 28.9 Å². The Kier molecular flexibility index (Phi) is 12.2. The van der Waals surface area contributed by atoms with Gasteiger partial charge in [0.1, 0.15) is 11.4 Å². The largest absolute Gasteiger partial charge is 0.464 e. The van der Waals surface area contributed by atoms with Gasteiger partial charge in [0.05, 0.1) is 20.4 Å². The summed E-state index contributed by atoms with van der Waals surface area (Å²) in [6, 6.07) is 44.5. The summed E-state index contributed by atoms with van der Waals surface area (Å²) < 4.78 is 25.4. The van der Waals surface area contributed by atoms with Crippen LogP contribution in [0.4, 0.5) is 11.4 Å². The molecule has 6 aromatic rings. The van der Waals surface area contributed by atoms with Crippen LogP contribution in [0.15, 0.2) is 152 Å². The first-order valence-electron chi connectivity index (χ1n) is 16.4. The molecule has 0 bridgehead atoms. The number of hydrogen-bond donors (Lipinski definition) is 0. The normalized spacial score (nSPS) is 10.9. The van der Waals surface area contributed by atoms with Crippen LogP contribution in [0.5, 0.6) is 11.5 Å². The fourth-order valence-corrected chi connectivity index (χ4v) is 6.71. The summed E-state index contributed by atoms with van der Waals surface area (Å²) in [7, 11) is 0. The van der Waals surface area contributed by atoms with E-state index in [1.807, 2.05) is 98.8 Å². The molecule has 0 spiro atoms. The SMILES string of the molecule is CCOCOc1c(N=C(c2ccccc2)c2ccccc2)cc2c(Br)c(OCOCC)c(N=C(c3ccccc3)c3ccccc3)cc2c1Br. The molecule has 0 saturated heterocycles. The van der Waals surface area contributed by atoms with E-state index < -0.39 is 0 Å². The molecule has 8 heteroatoms. The molecule has 0 saturated carbocycles. The number of aliphatic imine (C=N–C) groups is 2. The lowest BCUT2D eigenvalue weighted by Gasteiger charge is -2.19. The lowest BCUT2D eigenvalue weighted by atomic mass is 10.0. The summed E-state index contributed by atoms with van der Waals surface area (Å²) in [4.78, 5) is 10.6. The molecule has 0 heterocycles. The molecule has 0 N–H and O–H groups in total. The van der Waals surface area contributed by atoms with Gasteiger partial charge in [0, 0.05) is 46.2 Å². The Morgan fingerprint density at radius 2 is 0.780 bits per heavy atom. The molecule has 252 valence electrons. The first kappa shape index (κ1) is 35.2. The third-order valence-electron chi connectivity index (χ3n) is 7.82. The van der Waals surface area contributed by atoms with Crippen molar-refractivity contribution in [3.8, 4) is 11.5 Å². The highest BCUT2D eigenvalue weighted by Crippen LogP contribution is 2.49. The quantitative estimate of drug-likeness (QED) is 0.0626. The molecule has 0 fully saturated rings. The van der Waals surface area contributed by atoms with Crippen molar-refractivity contribution in [3.05, 3.63) is 165 Å². The van der Waals surface area contributed by atoms with E-state index >= 15 is 0 Å². The van der Waals surface area contributed by atoms with Crippen LogP contribution in [-0.2, 0) is 9.47 Å². The first-order valence-corrected chi connectivity index (χ1v) is 18.0. The fraction of sp³-hybridized carbons (Fsp3) is 0.143. The summed E-state index contributed by atoms with van der Waals surface area (Å²) in [6.45, 7) is 5.00. The van der Waals surface area contributed by atoms with Crippen LogP contribution >= 0.6 is 31.9 Å². The summed E-state index contributed by atoms with van der Waals surface area (Å²) >= 11 is 7.83. The van der Waals surface area contributed by atoms with Gasteiger partial charge in [-0.05, 0) is 57.8 Å².